The molecule has 1 saturated carbocycles. The average Bonchev–Trinajstić information content (AvgIpc) is 3.48. The fourth-order valence-electron chi connectivity index (χ4n) is 5.17. The van der Waals surface area contributed by atoms with E-state index in [0.717, 1.165) is 10.6 Å². The lowest BCUT2D eigenvalue weighted by Crippen LogP contribution is -2.48. The summed E-state index contributed by atoms with van der Waals surface area (Å²) < 4.78 is 5.70. The van der Waals surface area contributed by atoms with Crippen LogP contribution in [0.2, 0.25) is 5.02 Å². The molecule has 1 aliphatic carbocycles. The molecule has 2 heterocycles. The lowest BCUT2D eigenvalue weighted by molar-refractivity contribution is -0.118. The lowest BCUT2D eigenvalue weighted by Gasteiger charge is -2.36. The number of nitrogens with zero attached hydrogens (tertiary/aromatic N) is 2. The molecule has 2 fully saturated rings. The molecule has 2 aromatic carbocycles. The number of amides is 2. The molecule has 5 rings (SSSR count). The minimum atomic E-state index is -0.235. The zero-order valence-electron chi connectivity index (χ0n) is 20.8. The standard InChI is InChI=1S/C29H32ClN3O3S/c30-25-19-23(10-13-26(25)32-14-16-33(17-15-32)29(35)27-7-4-18-37-27)31-28(34)20-36-24-11-8-22(9-12-24)21-5-2-1-3-6-21/h4,7-13,18-19,21H,1-3,5-6,14-17,20H2,(H,31,34). The van der Waals surface area contributed by atoms with Crippen LogP contribution in [-0.2, 0) is 4.79 Å². The summed E-state index contributed by atoms with van der Waals surface area (Å²) in [6.07, 6.45) is 6.48. The largest absolute Gasteiger partial charge is 0.484 e. The van der Waals surface area contributed by atoms with Gasteiger partial charge in [0.2, 0.25) is 0 Å². The summed E-state index contributed by atoms with van der Waals surface area (Å²) in [5, 5.41) is 5.35. The summed E-state index contributed by atoms with van der Waals surface area (Å²) in [5.41, 5.74) is 2.89. The summed E-state index contributed by atoms with van der Waals surface area (Å²) in [6, 6.07) is 17.4. The summed E-state index contributed by atoms with van der Waals surface area (Å²) in [7, 11) is 0. The van der Waals surface area contributed by atoms with Crippen molar-refractivity contribution >= 4 is 46.1 Å². The Hall–Kier alpha value is -3.03. The van der Waals surface area contributed by atoms with Crippen molar-refractivity contribution in [2.75, 3.05) is 43.0 Å². The van der Waals surface area contributed by atoms with Crippen LogP contribution in [0, 0.1) is 0 Å². The Morgan fingerprint density at radius 2 is 1.73 bits per heavy atom. The molecule has 2 amide bonds. The second-order valence-corrected chi connectivity index (χ2v) is 11.0. The van der Waals surface area contributed by atoms with E-state index >= 15 is 0 Å². The average molecular weight is 538 g/mol. The van der Waals surface area contributed by atoms with Crippen LogP contribution in [0.15, 0.2) is 60.0 Å². The maximum Gasteiger partial charge on any atom is 0.264 e. The van der Waals surface area contributed by atoms with Gasteiger partial charge in [0.1, 0.15) is 5.75 Å². The monoisotopic (exact) mass is 537 g/mol. The van der Waals surface area contributed by atoms with E-state index in [1.807, 2.05) is 46.7 Å². The Balaban J connectivity index is 1.09. The van der Waals surface area contributed by atoms with Crippen molar-refractivity contribution in [1.29, 1.82) is 0 Å². The fourth-order valence-corrected chi connectivity index (χ4v) is 6.16. The van der Waals surface area contributed by atoms with Gasteiger partial charge in [-0.25, -0.2) is 0 Å². The number of hydrogen-bond donors (Lipinski definition) is 1. The molecule has 0 bridgehead atoms. The van der Waals surface area contributed by atoms with E-state index in [9.17, 15) is 9.59 Å². The van der Waals surface area contributed by atoms with Crippen molar-refractivity contribution in [3.05, 3.63) is 75.4 Å². The molecule has 8 heteroatoms. The Kier molecular flexibility index (Phi) is 8.31. The highest BCUT2D eigenvalue weighted by Gasteiger charge is 2.24. The van der Waals surface area contributed by atoms with Gasteiger partial charge in [0.05, 0.1) is 15.6 Å². The van der Waals surface area contributed by atoms with Crippen LogP contribution < -0.4 is 15.0 Å². The predicted molar refractivity (Wildman–Crippen MR) is 150 cm³/mol. The van der Waals surface area contributed by atoms with E-state index in [-0.39, 0.29) is 18.4 Å². The van der Waals surface area contributed by atoms with Gasteiger partial charge in [0, 0.05) is 31.9 Å². The molecular weight excluding hydrogens is 506 g/mol. The van der Waals surface area contributed by atoms with Crippen LogP contribution in [0.3, 0.4) is 0 Å². The Morgan fingerprint density at radius 3 is 2.41 bits per heavy atom. The van der Waals surface area contributed by atoms with Gasteiger partial charge in [-0.15, -0.1) is 11.3 Å². The van der Waals surface area contributed by atoms with Gasteiger partial charge in [0.15, 0.2) is 6.61 Å². The Labute approximate surface area is 227 Å². The molecule has 1 aromatic heterocycles. The number of rotatable bonds is 7. The first-order valence-electron chi connectivity index (χ1n) is 13.0. The third-order valence-electron chi connectivity index (χ3n) is 7.20. The number of nitrogens with one attached hydrogen (secondary N) is 1. The molecule has 1 aliphatic heterocycles. The molecule has 6 nitrogen and oxygen atoms in total. The molecule has 3 aromatic rings. The van der Waals surface area contributed by atoms with Crippen molar-refractivity contribution in [3.8, 4) is 5.75 Å². The van der Waals surface area contributed by atoms with Crippen LogP contribution in [0.5, 0.6) is 5.75 Å². The first-order valence-corrected chi connectivity index (χ1v) is 14.2. The number of hydrogen-bond acceptors (Lipinski definition) is 5. The number of ether oxygens (including phenoxy) is 1. The second-order valence-electron chi connectivity index (χ2n) is 9.66. The maximum absolute atomic E-state index is 12.6. The molecule has 1 N–H and O–H groups in total. The number of anilines is 2. The summed E-state index contributed by atoms with van der Waals surface area (Å²) >= 11 is 8.04. The molecule has 1 saturated heterocycles. The van der Waals surface area contributed by atoms with E-state index in [1.165, 1.54) is 49.0 Å². The quantitative estimate of drug-likeness (QED) is 0.377. The molecule has 194 valence electrons. The zero-order valence-corrected chi connectivity index (χ0v) is 22.4. The van der Waals surface area contributed by atoms with Gasteiger partial charge in [0.25, 0.3) is 11.8 Å². The number of thiophene rings is 1. The number of carbonyl (C=O) groups excluding carboxylic acids is 2. The molecule has 37 heavy (non-hydrogen) atoms. The molecule has 0 unspecified atom stereocenters. The van der Waals surface area contributed by atoms with E-state index in [4.69, 9.17) is 16.3 Å². The van der Waals surface area contributed by atoms with Crippen molar-refractivity contribution in [3.63, 3.8) is 0 Å². The van der Waals surface area contributed by atoms with Crippen molar-refractivity contribution in [1.82, 2.24) is 4.90 Å². The van der Waals surface area contributed by atoms with E-state index in [0.29, 0.717) is 48.6 Å². The van der Waals surface area contributed by atoms with Crippen LogP contribution in [-0.4, -0.2) is 49.5 Å². The molecular formula is C29H32ClN3O3S. The van der Waals surface area contributed by atoms with E-state index < -0.39 is 0 Å². The van der Waals surface area contributed by atoms with Crippen molar-refractivity contribution in [2.45, 2.75) is 38.0 Å². The highest BCUT2D eigenvalue weighted by Crippen LogP contribution is 2.33. The molecule has 0 spiro atoms. The minimum absolute atomic E-state index is 0.0671. The normalized spacial score (nSPS) is 16.5. The summed E-state index contributed by atoms with van der Waals surface area (Å²) in [4.78, 5) is 29.9. The van der Waals surface area contributed by atoms with Gasteiger partial charge in [-0.1, -0.05) is 49.1 Å². The third-order valence-corrected chi connectivity index (χ3v) is 8.36. The number of benzene rings is 2. The number of halogens is 1. The molecule has 0 atom stereocenters. The maximum atomic E-state index is 12.6. The Morgan fingerprint density at radius 1 is 0.973 bits per heavy atom. The Bertz CT molecular complexity index is 1200. The lowest BCUT2D eigenvalue weighted by atomic mass is 9.84. The van der Waals surface area contributed by atoms with Gasteiger partial charge < -0.3 is 19.9 Å². The smallest absolute Gasteiger partial charge is 0.264 e. The van der Waals surface area contributed by atoms with Crippen molar-refractivity contribution < 1.29 is 14.3 Å². The van der Waals surface area contributed by atoms with Gasteiger partial charge >= 0.3 is 0 Å². The van der Waals surface area contributed by atoms with E-state index in [2.05, 4.69) is 22.3 Å². The minimum Gasteiger partial charge on any atom is -0.484 e. The SMILES string of the molecule is O=C(COc1ccc(C2CCCCC2)cc1)Nc1ccc(N2CCN(C(=O)c3cccs3)CC2)c(Cl)c1. The van der Waals surface area contributed by atoms with Crippen LogP contribution in [0.4, 0.5) is 11.4 Å². The highest BCUT2D eigenvalue weighted by molar-refractivity contribution is 7.12. The molecule has 0 radical (unpaired) electrons. The van der Waals surface area contributed by atoms with Gasteiger partial charge in [-0.05, 0) is 66.1 Å². The van der Waals surface area contributed by atoms with Gasteiger partial charge in [-0.2, -0.15) is 0 Å². The van der Waals surface area contributed by atoms with Crippen LogP contribution in [0.1, 0.15) is 53.3 Å². The number of piperazine rings is 1. The third kappa shape index (κ3) is 6.46. The second kappa shape index (κ2) is 12.0. The van der Waals surface area contributed by atoms with E-state index in [1.54, 1.807) is 6.07 Å². The highest BCUT2D eigenvalue weighted by atomic mass is 35.5. The first kappa shape index (κ1) is 25.6. The van der Waals surface area contributed by atoms with Crippen molar-refractivity contribution in [2.24, 2.45) is 0 Å². The summed E-state index contributed by atoms with van der Waals surface area (Å²) in [6.45, 7) is 2.63. The molecule has 2 aliphatic rings. The predicted octanol–water partition coefficient (Wildman–Crippen LogP) is 6.43. The van der Waals surface area contributed by atoms with Crippen LogP contribution >= 0.6 is 22.9 Å². The topological polar surface area (TPSA) is 61.9 Å². The zero-order chi connectivity index (χ0) is 25.6. The van der Waals surface area contributed by atoms with Crippen LogP contribution in [0.25, 0.3) is 0 Å². The fraction of sp³-hybridized carbons (Fsp3) is 0.379. The first-order chi connectivity index (χ1) is 18.1. The summed E-state index contributed by atoms with van der Waals surface area (Å²) in [5.74, 6) is 1.19. The van der Waals surface area contributed by atoms with Gasteiger partial charge in [-0.3, -0.25) is 9.59 Å². The number of carbonyl (C=O) groups is 2.